The summed E-state index contributed by atoms with van der Waals surface area (Å²) < 4.78 is 32.1. The molecule has 0 aromatic carbocycles. The third-order valence-corrected chi connectivity index (χ3v) is 9.30. The fourth-order valence-electron chi connectivity index (χ4n) is 7.68. The summed E-state index contributed by atoms with van der Waals surface area (Å²) in [5.74, 6) is -0.672. The number of aliphatic hydroxyl groups excluding tert-OH is 3. The quantitative estimate of drug-likeness (QED) is 0.429. The number of alkyl halides is 2. The van der Waals surface area contributed by atoms with E-state index < -0.39 is 40.8 Å². The van der Waals surface area contributed by atoms with Crippen molar-refractivity contribution in [2.24, 2.45) is 34.5 Å². The molecule has 0 aliphatic heterocycles. The Kier molecular flexibility index (Phi) is 8.31. The average Bonchev–Trinajstić information content (AvgIpc) is 3.01. The van der Waals surface area contributed by atoms with Gasteiger partial charge in [-0.05, 0) is 73.5 Å². The summed E-state index contributed by atoms with van der Waals surface area (Å²) in [6, 6.07) is 0. The molecule has 3 fully saturated rings. The summed E-state index contributed by atoms with van der Waals surface area (Å²) in [5, 5.41) is 30.0. The Labute approximate surface area is 203 Å². The lowest BCUT2D eigenvalue weighted by Crippen LogP contribution is -2.68. The van der Waals surface area contributed by atoms with E-state index in [0.29, 0.717) is 12.8 Å². The monoisotopic (exact) mass is 482 g/mol. The van der Waals surface area contributed by atoms with Gasteiger partial charge in [0.15, 0.2) is 11.5 Å². The molecule has 0 aromatic rings. The third kappa shape index (κ3) is 4.09. The van der Waals surface area contributed by atoms with Crippen LogP contribution in [0.2, 0.25) is 0 Å². The van der Waals surface area contributed by atoms with Crippen molar-refractivity contribution in [3.63, 3.8) is 0 Å². The summed E-state index contributed by atoms with van der Waals surface area (Å²) in [6.45, 7) is 12.8. The fraction of sp³-hybridized carbons (Fsp3) is 0.750. The van der Waals surface area contributed by atoms with E-state index in [2.05, 4.69) is 20.4 Å². The summed E-state index contributed by atoms with van der Waals surface area (Å²) in [6.07, 6.45) is 3.08. The number of aliphatic hydroxyl groups is 3. The Morgan fingerprint density at radius 2 is 1.85 bits per heavy atom. The van der Waals surface area contributed by atoms with Gasteiger partial charge in [-0.1, -0.05) is 47.8 Å². The van der Waals surface area contributed by atoms with Crippen molar-refractivity contribution in [1.82, 2.24) is 0 Å². The smallest absolute Gasteiger partial charge is 0.178 e. The van der Waals surface area contributed by atoms with E-state index in [4.69, 9.17) is 5.11 Å². The van der Waals surface area contributed by atoms with Crippen LogP contribution in [-0.2, 0) is 4.79 Å². The first kappa shape index (κ1) is 28.7. The van der Waals surface area contributed by atoms with Gasteiger partial charge in [-0.3, -0.25) is 4.79 Å². The second-order valence-electron chi connectivity index (χ2n) is 11.1. The molecule has 3 saturated carbocycles. The molecule has 0 heterocycles. The first-order valence-electron chi connectivity index (χ1n) is 12.3. The van der Waals surface area contributed by atoms with Gasteiger partial charge in [0.25, 0.3) is 0 Å². The number of halogens is 2. The van der Waals surface area contributed by atoms with Gasteiger partial charge < -0.3 is 15.3 Å². The van der Waals surface area contributed by atoms with Crippen LogP contribution in [0.3, 0.4) is 0 Å². The molecule has 6 heteroatoms. The fourth-order valence-corrected chi connectivity index (χ4v) is 7.68. The van der Waals surface area contributed by atoms with Gasteiger partial charge >= 0.3 is 0 Å². The van der Waals surface area contributed by atoms with E-state index in [-0.39, 0.29) is 55.1 Å². The molecule has 4 rings (SSSR count). The predicted molar refractivity (Wildman–Crippen MR) is 132 cm³/mol. The number of hydrogen-bond acceptors (Lipinski definition) is 4. The molecule has 8 unspecified atom stereocenters. The predicted octanol–water partition coefficient (Wildman–Crippen LogP) is 6.04. The van der Waals surface area contributed by atoms with E-state index in [0.717, 1.165) is 6.42 Å². The molecule has 0 amide bonds. The molecule has 4 aliphatic carbocycles. The van der Waals surface area contributed by atoms with Crippen molar-refractivity contribution in [3.8, 4) is 0 Å². The molecular formula is C28H44F2O4. The summed E-state index contributed by atoms with van der Waals surface area (Å²) >= 11 is 0. The van der Waals surface area contributed by atoms with Crippen LogP contribution in [0, 0.1) is 34.5 Å². The van der Waals surface area contributed by atoms with Crippen LogP contribution in [0.5, 0.6) is 0 Å². The molecule has 0 spiro atoms. The van der Waals surface area contributed by atoms with Crippen LogP contribution < -0.4 is 0 Å². The Hall–Kier alpha value is -1.53. The van der Waals surface area contributed by atoms with Crippen molar-refractivity contribution in [3.05, 3.63) is 36.1 Å². The van der Waals surface area contributed by atoms with Gasteiger partial charge in [-0.2, -0.15) is 0 Å². The average molecular weight is 483 g/mol. The van der Waals surface area contributed by atoms with E-state index in [9.17, 15) is 15.0 Å². The molecule has 194 valence electrons. The zero-order valence-corrected chi connectivity index (χ0v) is 20.5. The highest BCUT2D eigenvalue weighted by atomic mass is 19.1. The maximum Gasteiger partial charge on any atom is 0.178 e. The molecular weight excluding hydrogens is 438 g/mol. The molecule has 4 aliphatic rings. The van der Waals surface area contributed by atoms with Crippen LogP contribution >= 0.6 is 0 Å². The Balaban J connectivity index is 0.000000619. The van der Waals surface area contributed by atoms with Gasteiger partial charge in [0, 0.05) is 17.8 Å². The number of rotatable bonds is 3. The Morgan fingerprint density at radius 3 is 2.38 bits per heavy atom. The summed E-state index contributed by atoms with van der Waals surface area (Å²) in [4.78, 5) is 11.8. The standard InChI is InChI=1S/C23H32F2O3.C4H8O.CH4/c1-5-18(27)20-12(2)8-14-15-10-17(24)16-9-13(26)6-7-22(16,4)23(15,25)19(28)11-21(14,20)3;1-3-4(2)5;/h6-7,9,12,14-15,17-20,27-28H,5,8,10-11H2,1-4H3;5H,2-3H2,1H3;1H4/t12?,14?,15?,17-,18?,19?,20?,21?,22?,23-;;/m0../s1. The second-order valence-corrected chi connectivity index (χ2v) is 11.1. The van der Waals surface area contributed by atoms with E-state index >= 15 is 8.78 Å². The number of carbonyl (C=O) groups is 1. The zero-order chi connectivity index (χ0) is 24.9. The first-order valence-corrected chi connectivity index (χ1v) is 12.3. The second kappa shape index (κ2) is 9.85. The van der Waals surface area contributed by atoms with Crippen LogP contribution in [0.1, 0.15) is 74.1 Å². The van der Waals surface area contributed by atoms with Crippen LogP contribution in [0.15, 0.2) is 36.1 Å². The summed E-state index contributed by atoms with van der Waals surface area (Å²) in [7, 11) is 0. The molecule has 10 atom stereocenters. The first-order chi connectivity index (χ1) is 15.3. The number of fused-ring (bicyclic) bond motifs is 5. The summed E-state index contributed by atoms with van der Waals surface area (Å²) in [5.41, 5.74) is -3.61. The maximum absolute atomic E-state index is 16.9. The van der Waals surface area contributed by atoms with E-state index in [1.54, 1.807) is 6.92 Å². The Bertz CT molecular complexity index is 853. The lowest BCUT2D eigenvalue weighted by Gasteiger charge is -2.62. The van der Waals surface area contributed by atoms with Crippen molar-refractivity contribution < 1.29 is 28.9 Å². The van der Waals surface area contributed by atoms with Gasteiger partial charge in [0.05, 0.1) is 18.0 Å². The highest BCUT2D eigenvalue weighted by Gasteiger charge is 2.72. The van der Waals surface area contributed by atoms with E-state index in [1.807, 2.05) is 13.8 Å². The lowest BCUT2D eigenvalue weighted by atomic mass is 9.44. The molecule has 4 nitrogen and oxygen atoms in total. The molecule has 34 heavy (non-hydrogen) atoms. The van der Waals surface area contributed by atoms with Gasteiger partial charge in [0.1, 0.15) is 6.17 Å². The van der Waals surface area contributed by atoms with Crippen molar-refractivity contribution in [1.29, 1.82) is 0 Å². The number of allylic oxidation sites excluding steroid dienone is 5. The zero-order valence-electron chi connectivity index (χ0n) is 20.5. The SMILES string of the molecule is C.C=C(O)CC.CCC(O)C1C(C)CC2C3C[C@H](F)C4=CC(=O)C=CC4(C)[C@@]3(F)C(O)CC21C. The van der Waals surface area contributed by atoms with Crippen molar-refractivity contribution in [2.75, 3.05) is 0 Å². The molecule has 3 N–H and O–H groups in total. The molecule has 0 radical (unpaired) electrons. The molecule has 0 aromatic heterocycles. The molecule has 0 saturated heterocycles. The number of hydrogen-bond donors (Lipinski definition) is 3. The third-order valence-electron chi connectivity index (χ3n) is 9.30. The topological polar surface area (TPSA) is 77.8 Å². The minimum absolute atomic E-state index is 0. The van der Waals surface area contributed by atoms with E-state index in [1.165, 1.54) is 18.2 Å². The lowest BCUT2D eigenvalue weighted by molar-refractivity contribution is -0.206. The van der Waals surface area contributed by atoms with Crippen LogP contribution in [0.4, 0.5) is 8.78 Å². The highest BCUT2D eigenvalue weighted by molar-refractivity contribution is 6.01. The minimum Gasteiger partial charge on any atom is -0.513 e. The highest BCUT2D eigenvalue weighted by Crippen LogP contribution is 2.70. The molecule has 0 bridgehead atoms. The van der Waals surface area contributed by atoms with Crippen molar-refractivity contribution in [2.45, 2.75) is 98.2 Å². The number of carbonyl (C=O) groups excluding carboxylic acids is 1. The minimum atomic E-state index is -2.02. The largest absolute Gasteiger partial charge is 0.513 e. The van der Waals surface area contributed by atoms with Gasteiger partial charge in [-0.15, -0.1) is 0 Å². The van der Waals surface area contributed by atoms with Crippen molar-refractivity contribution >= 4 is 5.78 Å². The van der Waals surface area contributed by atoms with Gasteiger partial charge in [0.2, 0.25) is 0 Å². The normalized spacial score (nSPS) is 45.4. The maximum atomic E-state index is 16.9. The van der Waals surface area contributed by atoms with Gasteiger partial charge in [-0.25, -0.2) is 8.78 Å². The Morgan fingerprint density at radius 1 is 1.26 bits per heavy atom. The van der Waals surface area contributed by atoms with Crippen LogP contribution in [-0.4, -0.2) is 45.2 Å². The van der Waals surface area contributed by atoms with Crippen LogP contribution in [0.25, 0.3) is 0 Å². The number of ketones is 1.